The summed E-state index contributed by atoms with van der Waals surface area (Å²) >= 11 is 0. The number of hydrogen-bond acceptors (Lipinski definition) is 5. The fraction of sp³-hybridized carbons (Fsp3) is 0.600. The predicted octanol–water partition coefficient (Wildman–Crippen LogP) is 0.964. The monoisotopic (exact) mass is 292 g/mol. The van der Waals surface area contributed by atoms with Gasteiger partial charge in [-0.3, -0.25) is 9.78 Å². The van der Waals surface area contributed by atoms with Crippen molar-refractivity contribution in [3.8, 4) is 0 Å². The molecule has 0 spiro atoms. The Kier molecular flexibility index (Phi) is 5.95. The first-order valence-corrected chi connectivity index (χ1v) is 7.47. The van der Waals surface area contributed by atoms with Crippen LogP contribution in [0.1, 0.15) is 23.8 Å². The minimum Gasteiger partial charge on any atom is -0.385 e. The molecule has 1 unspecified atom stereocenters. The number of rotatable bonds is 6. The van der Waals surface area contributed by atoms with Gasteiger partial charge in [-0.2, -0.15) is 0 Å². The zero-order chi connectivity index (χ0) is 15.1. The van der Waals surface area contributed by atoms with Crippen molar-refractivity contribution in [1.82, 2.24) is 15.2 Å². The first kappa shape index (κ1) is 15.7. The molecule has 1 aromatic heterocycles. The fourth-order valence-corrected chi connectivity index (χ4v) is 2.22. The minimum absolute atomic E-state index is 0.0501. The molecule has 2 heterocycles. The maximum Gasteiger partial charge on any atom is 0.270 e. The number of morpholine rings is 1. The van der Waals surface area contributed by atoms with Gasteiger partial charge in [-0.05, 0) is 25.6 Å². The molecule has 21 heavy (non-hydrogen) atoms. The zero-order valence-electron chi connectivity index (χ0n) is 12.8. The van der Waals surface area contributed by atoms with Crippen LogP contribution in [0, 0.1) is 0 Å². The Morgan fingerprint density at radius 3 is 3.19 bits per heavy atom. The molecule has 2 rings (SSSR count). The normalized spacial score (nSPS) is 19.2. The van der Waals surface area contributed by atoms with E-state index in [2.05, 4.69) is 34.5 Å². The Morgan fingerprint density at radius 2 is 2.43 bits per heavy atom. The summed E-state index contributed by atoms with van der Waals surface area (Å²) in [4.78, 5) is 18.4. The summed E-state index contributed by atoms with van der Waals surface area (Å²) in [5.41, 5.74) is 1.35. The Morgan fingerprint density at radius 1 is 1.57 bits per heavy atom. The van der Waals surface area contributed by atoms with Crippen LogP contribution in [0.25, 0.3) is 0 Å². The number of carbonyl (C=O) groups is 1. The number of ether oxygens (including phenoxy) is 1. The highest BCUT2D eigenvalue weighted by Crippen LogP contribution is 2.08. The van der Waals surface area contributed by atoms with Crippen molar-refractivity contribution in [1.29, 1.82) is 0 Å². The van der Waals surface area contributed by atoms with Crippen LogP contribution in [-0.4, -0.2) is 61.7 Å². The van der Waals surface area contributed by atoms with Gasteiger partial charge < -0.3 is 20.3 Å². The summed E-state index contributed by atoms with van der Waals surface area (Å²) in [6.07, 6.45) is 2.74. The topological polar surface area (TPSA) is 66.5 Å². The van der Waals surface area contributed by atoms with Gasteiger partial charge in [0.05, 0.1) is 12.7 Å². The molecule has 1 amide bonds. The fourth-order valence-electron chi connectivity index (χ4n) is 2.22. The van der Waals surface area contributed by atoms with Gasteiger partial charge in [-0.1, -0.05) is 6.92 Å². The molecule has 1 aromatic rings. The quantitative estimate of drug-likeness (QED) is 0.817. The van der Waals surface area contributed by atoms with Crippen LogP contribution in [0.5, 0.6) is 0 Å². The maximum absolute atomic E-state index is 12.1. The van der Waals surface area contributed by atoms with E-state index in [0.717, 1.165) is 31.7 Å². The molecule has 0 radical (unpaired) electrons. The van der Waals surface area contributed by atoms with E-state index in [9.17, 15) is 4.79 Å². The number of anilines is 1. The molecule has 0 aromatic carbocycles. The lowest BCUT2D eigenvalue weighted by Gasteiger charge is -2.30. The van der Waals surface area contributed by atoms with E-state index in [-0.39, 0.29) is 12.0 Å². The number of nitrogens with one attached hydrogen (secondary N) is 2. The molecule has 6 heteroatoms. The second-order valence-electron chi connectivity index (χ2n) is 5.32. The third kappa shape index (κ3) is 4.99. The largest absolute Gasteiger partial charge is 0.385 e. The Hall–Kier alpha value is -1.66. The molecular weight excluding hydrogens is 268 g/mol. The number of aromatic nitrogens is 1. The van der Waals surface area contributed by atoms with Crippen LogP contribution in [0.3, 0.4) is 0 Å². The van der Waals surface area contributed by atoms with E-state index in [4.69, 9.17) is 4.74 Å². The highest BCUT2D eigenvalue weighted by molar-refractivity contribution is 5.93. The van der Waals surface area contributed by atoms with Crippen LogP contribution in [0.2, 0.25) is 0 Å². The Bertz CT molecular complexity index is 467. The molecule has 1 aliphatic rings. The van der Waals surface area contributed by atoms with Crippen LogP contribution in [0.15, 0.2) is 18.3 Å². The summed E-state index contributed by atoms with van der Waals surface area (Å²) in [6, 6.07) is 3.64. The molecule has 1 saturated heterocycles. The Balaban J connectivity index is 1.85. The number of likely N-dealkylation sites (N-methyl/N-ethyl adjacent to an activating group) is 1. The van der Waals surface area contributed by atoms with Crippen molar-refractivity contribution in [2.45, 2.75) is 19.4 Å². The van der Waals surface area contributed by atoms with E-state index in [1.54, 1.807) is 12.3 Å². The molecule has 0 bridgehead atoms. The first-order chi connectivity index (χ1) is 10.2. The smallest absolute Gasteiger partial charge is 0.270 e. The standard InChI is InChI=1S/C15H24N4O2/c1-3-5-16-12-4-6-17-14(9-12)15(20)18-10-13-11-19(2)7-8-21-13/h4,6,9,13H,3,5,7-8,10-11H2,1-2H3,(H,16,17)(H,18,20). The van der Waals surface area contributed by atoms with Crippen LogP contribution in [-0.2, 0) is 4.74 Å². The average Bonchev–Trinajstić information content (AvgIpc) is 2.51. The lowest BCUT2D eigenvalue weighted by Crippen LogP contribution is -2.46. The second kappa shape index (κ2) is 7.95. The van der Waals surface area contributed by atoms with Gasteiger partial charge in [-0.15, -0.1) is 0 Å². The third-order valence-corrected chi connectivity index (χ3v) is 3.40. The lowest BCUT2D eigenvalue weighted by atomic mass is 10.2. The van der Waals surface area contributed by atoms with E-state index in [1.165, 1.54) is 0 Å². The molecular formula is C15H24N4O2. The molecule has 6 nitrogen and oxygen atoms in total. The third-order valence-electron chi connectivity index (χ3n) is 3.40. The summed E-state index contributed by atoms with van der Waals surface area (Å²) < 4.78 is 5.62. The predicted molar refractivity (Wildman–Crippen MR) is 82.6 cm³/mol. The molecule has 1 fully saturated rings. The highest BCUT2D eigenvalue weighted by Gasteiger charge is 2.18. The van der Waals surface area contributed by atoms with Crippen molar-refractivity contribution in [2.75, 3.05) is 45.2 Å². The first-order valence-electron chi connectivity index (χ1n) is 7.47. The van der Waals surface area contributed by atoms with Gasteiger partial charge in [0, 0.05) is 38.1 Å². The van der Waals surface area contributed by atoms with Crippen LogP contribution in [0.4, 0.5) is 5.69 Å². The van der Waals surface area contributed by atoms with Gasteiger partial charge in [-0.25, -0.2) is 0 Å². The Labute approximate surface area is 125 Å². The van der Waals surface area contributed by atoms with Gasteiger partial charge in [0.25, 0.3) is 5.91 Å². The molecule has 0 saturated carbocycles. The van der Waals surface area contributed by atoms with Crippen molar-refractivity contribution in [3.05, 3.63) is 24.0 Å². The summed E-state index contributed by atoms with van der Waals surface area (Å²) in [7, 11) is 2.06. The van der Waals surface area contributed by atoms with Crippen molar-refractivity contribution in [2.24, 2.45) is 0 Å². The molecule has 1 atom stereocenters. The number of amides is 1. The van der Waals surface area contributed by atoms with Gasteiger partial charge in [0.15, 0.2) is 0 Å². The van der Waals surface area contributed by atoms with Gasteiger partial charge in [0.1, 0.15) is 5.69 Å². The minimum atomic E-state index is -0.160. The summed E-state index contributed by atoms with van der Waals surface area (Å²) in [5, 5.41) is 6.14. The van der Waals surface area contributed by atoms with Gasteiger partial charge >= 0.3 is 0 Å². The highest BCUT2D eigenvalue weighted by atomic mass is 16.5. The van der Waals surface area contributed by atoms with E-state index in [0.29, 0.717) is 18.8 Å². The van der Waals surface area contributed by atoms with E-state index in [1.807, 2.05) is 6.07 Å². The van der Waals surface area contributed by atoms with Crippen molar-refractivity contribution in [3.63, 3.8) is 0 Å². The second-order valence-corrected chi connectivity index (χ2v) is 5.32. The number of nitrogens with zero attached hydrogens (tertiary/aromatic N) is 2. The molecule has 116 valence electrons. The van der Waals surface area contributed by atoms with Gasteiger partial charge in [0.2, 0.25) is 0 Å². The van der Waals surface area contributed by atoms with E-state index < -0.39 is 0 Å². The van der Waals surface area contributed by atoms with Crippen LogP contribution >= 0.6 is 0 Å². The zero-order valence-corrected chi connectivity index (χ0v) is 12.8. The molecule has 2 N–H and O–H groups in total. The van der Waals surface area contributed by atoms with E-state index >= 15 is 0 Å². The SMILES string of the molecule is CCCNc1ccnc(C(=O)NCC2CN(C)CCO2)c1. The number of pyridine rings is 1. The number of hydrogen-bond donors (Lipinski definition) is 2. The molecule has 0 aliphatic carbocycles. The average molecular weight is 292 g/mol. The summed E-state index contributed by atoms with van der Waals surface area (Å²) in [5.74, 6) is -0.160. The lowest BCUT2D eigenvalue weighted by molar-refractivity contribution is -0.0175. The maximum atomic E-state index is 12.1. The summed E-state index contributed by atoms with van der Waals surface area (Å²) in [6.45, 7) is 5.99. The van der Waals surface area contributed by atoms with Crippen LogP contribution < -0.4 is 10.6 Å². The van der Waals surface area contributed by atoms with Crippen molar-refractivity contribution < 1.29 is 9.53 Å². The molecule has 1 aliphatic heterocycles. The van der Waals surface area contributed by atoms with Crippen molar-refractivity contribution >= 4 is 11.6 Å². The number of carbonyl (C=O) groups excluding carboxylic acids is 1.